The van der Waals surface area contributed by atoms with Gasteiger partial charge in [-0.3, -0.25) is 9.48 Å². The van der Waals surface area contributed by atoms with Gasteiger partial charge in [0, 0.05) is 43.9 Å². The van der Waals surface area contributed by atoms with Gasteiger partial charge in [0.1, 0.15) is 0 Å². The van der Waals surface area contributed by atoms with E-state index in [2.05, 4.69) is 47.8 Å². The summed E-state index contributed by atoms with van der Waals surface area (Å²) in [7, 11) is 0. The molecule has 1 N–H and O–H groups in total. The molecule has 5 heteroatoms. The van der Waals surface area contributed by atoms with Crippen LogP contribution in [0.5, 0.6) is 0 Å². The highest BCUT2D eigenvalue weighted by Gasteiger charge is 2.27. The fourth-order valence-corrected chi connectivity index (χ4v) is 3.50. The van der Waals surface area contributed by atoms with E-state index in [9.17, 15) is 4.79 Å². The summed E-state index contributed by atoms with van der Waals surface area (Å²) in [5.41, 5.74) is 2.46. The predicted octanol–water partition coefficient (Wildman–Crippen LogP) is 2.67. The number of likely N-dealkylation sites (tertiary alicyclic amines) is 1. The van der Waals surface area contributed by atoms with Crippen molar-refractivity contribution in [3.05, 3.63) is 53.9 Å². The highest BCUT2D eigenvalue weighted by atomic mass is 16.2. The third-order valence-electron chi connectivity index (χ3n) is 5.00. The Morgan fingerprint density at radius 3 is 2.80 bits per heavy atom. The van der Waals surface area contributed by atoms with Gasteiger partial charge in [-0.2, -0.15) is 5.10 Å². The van der Waals surface area contributed by atoms with Gasteiger partial charge in [0.2, 0.25) is 5.91 Å². The van der Waals surface area contributed by atoms with Gasteiger partial charge in [0.15, 0.2) is 0 Å². The van der Waals surface area contributed by atoms with Gasteiger partial charge < -0.3 is 10.2 Å². The smallest absolute Gasteiger partial charge is 0.222 e. The average molecular weight is 340 g/mol. The molecule has 0 saturated carbocycles. The van der Waals surface area contributed by atoms with Gasteiger partial charge >= 0.3 is 0 Å². The number of piperidine rings is 1. The van der Waals surface area contributed by atoms with Crippen molar-refractivity contribution in [3.8, 4) is 0 Å². The normalized spacial score (nSPS) is 20.6. The lowest BCUT2D eigenvalue weighted by Crippen LogP contribution is -2.49. The molecule has 1 aliphatic rings. The van der Waals surface area contributed by atoms with Crippen LogP contribution in [0.4, 0.5) is 0 Å². The van der Waals surface area contributed by atoms with Crippen molar-refractivity contribution in [1.29, 1.82) is 0 Å². The second-order valence-corrected chi connectivity index (χ2v) is 6.98. The molecule has 0 spiro atoms. The summed E-state index contributed by atoms with van der Waals surface area (Å²) < 4.78 is 1.98. The quantitative estimate of drug-likeness (QED) is 0.879. The fourth-order valence-electron chi connectivity index (χ4n) is 3.50. The molecule has 2 atom stereocenters. The van der Waals surface area contributed by atoms with Crippen LogP contribution in [0, 0.1) is 5.92 Å². The van der Waals surface area contributed by atoms with E-state index in [1.165, 1.54) is 11.1 Å². The van der Waals surface area contributed by atoms with Crippen LogP contribution >= 0.6 is 0 Å². The van der Waals surface area contributed by atoms with Gasteiger partial charge in [-0.15, -0.1) is 0 Å². The molecule has 1 fully saturated rings. The van der Waals surface area contributed by atoms with Gasteiger partial charge in [0.05, 0.1) is 12.7 Å². The van der Waals surface area contributed by atoms with Crippen LogP contribution in [0.2, 0.25) is 0 Å². The molecule has 1 saturated heterocycles. The van der Waals surface area contributed by atoms with Crippen molar-refractivity contribution >= 4 is 5.91 Å². The third kappa shape index (κ3) is 4.69. The number of carbonyl (C=O) groups is 1. The van der Waals surface area contributed by atoms with Crippen molar-refractivity contribution in [2.24, 2.45) is 5.92 Å². The lowest BCUT2D eigenvalue weighted by atomic mass is 9.93. The number of hydrogen-bond acceptors (Lipinski definition) is 3. The third-order valence-corrected chi connectivity index (χ3v) is 5.00. The summed E-state index contributed by atoms with van der Waals surface area (Å²) in [6, 6.07) is 10.8. The zero-order valence-electron chi connectivity index (χ0n) is 15.2. The number of nitrogens with one attached hydrogen (secondary N) is 1. The predicted molar refractivity (Wildman–Crippen MR) is 99.1 cm³/mol. The van der Waals surface area contributed by atoms with E-state index < -0.39 is 0 Å². The van der Waals surface area contributed by atoms with Gasteiger partial charge in [-0.1, -0.05) is 44.2 Å². The highest BCUT2D eigenvalue weighted by molar-refractivity contribution is 5.75. The maximum Gasteiger partial charge on any atom is 0.222 e. The van der Waals surface area contributed by atoms with Crippen molar-refractivity contribution in [1.82, 2.24) is 20.0 Å². The number of rotatable bonds is 6. The molecule has 1 aromatic heterocycles. The molecule has 5 nitrogen and oxygen atoms in total. The Morgan fingerprint density at radius 1 is 1.28 bits per heavy atom. The summed E-state index contributed by atoms with van der Waals surface area (Å²) in [6.45, 7) is 7.51. The average Bonchev–Trinajstić information content (AvgIpc) is 3.08. The number of hydrogen-bond donors (Lipinski definition) is 1. The molecule has 2 heterocycles. The van der Waals surface area contributed by atoms with Crippen LogP contribution < -0.4 is 5.32 Å². The summed E-state index contributed by atoms with van der Waals surface area (Å²) in [4.78, 5) is 13.8. The minimum Gasteiger partial charge on any atom is -0.342 e. The number of carbonyl (C=O) groups excluding carboxylic acids is 1. The summed E-state index contributed by atoms with van der Waals surface area (Å²) in [5.74, 6) is 0.746. The summed E-state index contributed by atoms with van der Waals surface area (Å²) >= 11 is 0. The monoisotopic (exact) mass is 340 g/mol. The van der Waals surface area contributed by atoms with Crippen LogP contribution in [-0.4, -0.2) is 39.7 Å². The molecular weight excluding hydrogens is 312 g/mol. The largest absolute Gasteiger partial charge is 0.342 e. The number of amides is 1. The van der Waals surface area contributed by atoms with Crippen LogP contribution in [-0.2, 0) is 17.9 Å². The van der Waals surface area contributed by atoms with Crippen molar-refractivity contribution in [2.75, 3.05) is 13.1 Å². The molecule has 1 aromatic carbocycles. The summed E-state index contributed by atoms with van der Waals surface area (Å²) in [5, 5.41) is 8.12. The first-order valence-corrected chi connectivity index (χ1v) is 9.22. The molecule has 134 valence electrons. The van der Waals surface area contributed by atoms with E-state index in [0.717, 1.165) is 32.6 Å². The molecule has 0 radical (unpaired) electrons. The second kappa shape index (κ2) is 8.30. The number of aromatic nitrogens is 2. The van der Waals surface area contributed by atoms with Gasteiger partial charge in [-0.25, -0.2) is 0 Å². The van der Waals surface area contributed by atoms with Crippen LogP contribution in [0.15, 0.2) is 42.7 Å². The van der Waals surface area contributed by atoms with E-state index in [-0.39, 0.29) is 5.91 Å². The molecule has 25 heavy (non-hydrogen) atoms. The standard InChI is InChI=1S/C20H28N4O/c1-3-20(25)23-10-9-19(16(2)13-23)21-11-18-12-22-24(15-18)14-17-7-5-4-6-8-17/h4-8,12,15-16,19,21H,3,9-11,13-14H2,1-2H3. The number of nitrogens with zero attached hydrogens (tertiary/aromatic N) is 3. The Hall–Kier alpha value is -2.14. The molecule has 1 amide bonds. The molecule has 2 unspecified atom stereocenters. The molecule has 2 aromatic rings. The van der Waals surface area contributed by atoms with E-state index in [4.69, 9.17) is 0 Å². The molecule has 3 rings (SSSR count). The van der Waals surface area contributed by atoms with E-state index >= 15 is 0 Å². The first kappa shape index (κ1) is 17.7. The summed E-state index contributed by atoms with van der Waals surface area (Å²) in [6.07, 6.45) is 5.67. The fraction of sp³-hybridized carbons (Fsp3) is 0.500. The minimum absolute atomic E-state index is 0.271. The molecule has 1 aliphatic heterocycles. The van der Waals surface area contributed by atoms with E-state index in [0.29, 0.717) is 18.4 Å². The van der Waals surface area contributed by atoms with Gasteiger partial charge in [0.25, 0.3) is 0 Å². The second-order valence-electron chi connectivity index (χ2n) is 6.98. The van der Waals surface area contributed by atoms with Crippen LogP contribution in [0.25, 0.3) is 0 Å². The van der Waals surface area contributed by atoms with Crippen LogP contribution in [0.3, 0.4) is 0 Å². The lowest BCUT2D eigenvalue weighted by Gasteiger charge is -2.37. The highest BCUT2D eigenvalue weighted by Crippen LogP contribution is 2.18. The van der Waals surface area contributed by atoms with E-state index in [1.54, 1.807) is 0 Å². The Balaban J connectivity index is 1.48. The molecule has 0 aliphatic carbocycles. The SMILES string of the molecule is CCC(=O)N1CCC(NCc2cnn(Cc3ccccc3)c2)C(C)C1. The Kier molecular flexibility index (Phi) is 5.87. The van der Waals surface area contributed by atoms with Crippen molar-refractivity contribution in [2.45, 2.75) is 45.8 Å². The van der Waals surface area contributed by atoms with E-state index in [1.807, 2.05) is 28.8 Å². The van der Waals surface area contributed by atoms with Gasteiger partial charge in [-0.05, 0) is 17.9 Å². The maximum atomic E-state index is 11.8. The van der Waals surface area contributed by atoms with Crippen molar-refractivity contribution in [3.63, 3.8) is 0 Å². The Labute approximate surface area is 150 Å². The molecular formula is C20H28N4O. The Bertz CT molecular complexity index is 682. The molecule has 0 bridgehead atoms. The minimum atomic E-state index is 0.271. The number of benzene rings is 1. The first-order chi connectivity index (χ1) is 12.2. The first-order valence-electron chi connectivity index (χ1n) is 9.22. The zero-order chi connectivity index (χ0) is 17.6. The van der Waals surface area contributed by atoms with Crippen LogP contribution in [0.1, 0.15) is 37.8 Å². The lowest BCUT2D eigenvalue weighted by molar-refractivity contribution is -0.132. The topological polar surface area (TPSA) is 50.2 Å². The Morgan fingerprint density at radius 2 is 2.08 bits per heavy atom. The van der Waals surface area contributed by atoms with Crippen molar-refractivity contribution < 1.29 is 4.79 Å². The maximum absolute atomic E-state index is 11.8. The zero-order valence-corrected chi connectivity index (χ0v) is 15.2.